The van der Waals surface area contributed by atoms with E-state index in [0.717, 1.165) is 4.90 Å². The molecule has 0 bridgehead atoms. The van der Waals surface area contributed by atoms with Gasteiger partial charge in [0.05, 0.1) is 18.2 Å². The molecule has 0 radical (unpaired) electrons. The van der Waals surface area contributed by atoms with Gasteiger partial charge in [0.2, 0.25) is 0 Å². The molecular weight excluding hydrogens is 396 g/mol. The summed E-state index contributed by atoms with van der Waals surface area (Å²) in [6.45, 7) is -0.477. The van der Waals surface area contributed by atoms with Crippen LogP contribution in [-0.4, -0.2) is 43.0 Å². The van der Waals surface area contributed by atoms with E-state index in [4.69, 9.17) is 9.47 Å². The number of hydrogen-bond donors (Lipinski definition) is 0. The molecule has 1 aliphatic rings. The molecule has 7 nitrogen and oxygen atoms in total. The number of para-hydroxylation sites is 1. The van der Waals surface area contributed by atoms with Crippen molar-refractivity contribution in [2.45, 2.75) is 0 Å². The first-order valence-electron chi connectivity index (χ1n) is 9.66. The zero-order chi connectivity index (χ0) is 21.8. The third-order valence-corrected chi connectivity index (χ3v) is 4.95. The van der Waals surface area contributed by atoms with Gasteiger partial charge in [-0.1, -0.05) is 30.3 Å². The molecule has 0 N–H and O–H groups in total. The molecule has 4 rings (SSSR count). The van der Waals surface area contributed by atoms with Crippen LogP contribution in [0.4, 0.5) is 5.69 Å². The van der Waals surface area contributed by atoms with E-state index in [9.17, 15) is 14.4 Å². The van der Waals surface area contributed by atoms with Gasteiger partial charge in [0.25, 0.3) is 17.7 Å². The Bertz CT molecular complexity index is 1080. The van der Waals surface area contributed by atoms with E-state index in [1.54, 1.807) is 79.9 Å². The maximum Gasteiger partial charge on any atom is 0.266 e. The van der Waals surface area contributed by atoms with Crippen molar-refractivity contribution in [3.63, 3.8) is 0 Å². The first-order valence-corrected chi connectivity index (χ1v) is 9.66. The Kier molecular flexibility index (Phi) is 5.66. The SMILES string of the molecule is COc1ccc(N(CN2C(=O)c3ccccc3C2=O)C(=O)COc2ccccc2)cc1. The summed E-state index contributed by atoms with van der Waals surface area (Å²) in [5.41, 5.74) is 1.17. The van der Waals surface area contributed by atoms with Gasteiger partial charge in [0, 0.05) is 5.69 Å². The zero-order valence-corrected chi connectivity index (χ0v) is 16.9. The van der Waals surface area contributed by atoms with Gasteiger partial charge in [-0.2, -0.15) is 0 Å². The smallest absolute Gasteiger partial charge is 0.266 e. The Hall–Kier alpha value is -4.13. The van der Waals surface area contributed by atoms with Crippen LogP contribution in [0.5, 0.6) is 11.5 Å². The standard InChI is InChI=1S/C24H20N2O5/c1-30-18-13-11-17(12-14-18)25(22(27)15-31-19-7-3-2-4-8-19)16-26-23(28)20-9-5-6-10-21(20)24(26)29/h2-14H,15-16H2,1H3. The van der Waals surface area contributed by atoms with Gasteiger partial charge < -0.3 is 9.47 Å². The molecule has 0 spiro atoms. The third-order valence-electron chi connectivity index (χ3n) is 4.95. The van der Waals surface area contributed by atoms with E-state index in [-0.39, 0.29) is 13.3 Å². The second-order valence-corrected chi connectivity index (χ2v) is 6.85. The number of methoxy groups -OCH3 is 1. The number of anilines is 1. The molecule has 7 heteroatoms. The molecule has 0 saturated heterocycles. The Morgan fingerprint density at radius 2 is 1.39 bits per heavy atom. The summed E-state index contributed by atoms with van der Waals surface area (Å²) in [7, 11) is 1.55. The average Bonchev–Trinajstić information content (AvgIpc) is 3.06. The fraction of sp³-hybridized carbons (Fsp3) is 0.125. The third kappa shape index (κ3) is 4.11. The lowest BCUT2D eigenvalue weighted by atomic mass is 10.1. The predicted molar refractivity (Wildman–Crippen MR) is 114 cm³/mol. The number of amides is 3. The number of imide groups is 1. The molecule has 0 unspecified atom stereocenters. The van der Waals surface area contributed by atoms with E-state index in [1.807, 2.05) is 6.07 Å². The van der Waals surface area contributed by atoms with Gasteiger partial charge in [-0.05, 0) is 48.5 Å². The Morgan fingerprint density at radius 3 is 1.97 bits per heavy atom. The molecule has 3 aromatic carbocycles. The fourth-order valence-corrected chi connectivity index (χ4v) is 3.32. The molecule has 156 valence electrons. The summed E-state index contributed by atoms with van der Waals surface area (Å²) in [5, 5.41) is 0. The maximum atomic E-state index is 13.1. The lowest BCUT2D eigenvalue weighted by molar-refractivity contribution is -0.120. The number of benzene rings is 3. The molecule has 1 heterocycles. The van der Waals surface area contributed by atoms with Gasteiger partial charge in [0.15, 0.2) is 6.61 Å². The molecule has 0 aliphatic carbocycles. The van der Waals surface area contributed by atoms with Gasteiger partial charge in [-0.3, -0.25) is 24.2 Å². The number of nitrogens with zero attached hydrogens (tertiary/aromatic N) is 2. The van der Waals surface area contributed by atoms with Crippen molar-refractivity contribution in [1.29, 1.82) is 0 Å². The summed E-state index contributed by atoms with van der Waals surface area (Å²) in [6, 6.07) is 22.4. The van der Waals surface area contributed by atoms with Crippen LogP contribution in [0.2, 0.25) is 0 Å². The quantitative estimate of drug-likeness (QED) is 0.552. The first-order chi connectivity index (χ1) is 15.1. The van der Waals surface area contributed by atoms with E-state index < -0.39 is 17.7 Å². The second-order valence-electron chi connectivity index (χ2n) is 6.85. The van der Waals surface area contributed by atoms with Crippen LogP contribution in [0, 0.1) is 0 Å². The lowest BCUT2D eigenvalue weighted by Gasteiger charge is -2.27. The minimum atomic E-state index is -0.434. The van der Waals surface area contributed by atoms with Crippen molar-refractivity contribution >= 4 is 23.4 Å². The van der Waals surface area contributed by atoms with Gasteiger partial charge >= 0.3 is 0 Å². The normalized spacial score (nSPS) is 12.5. The maximum absolute atomic E-state index is 13.1. The summed E-state index contributed by atoms with van der Waals surface area (Å²) < 4.78 is 10.8. The van der Waals surface area contributed by atoms with E-state index in [2.05, 4.69) is 0 Å². The highest BCUT2D eigenvalue weighted by Crippen LogP contribution is 2.25. The highest BCUT2D eigenvalue weighted by Gasteiger charge is 2.37. The van der Waals surface area contributed by atoms with Crippen LogP contribution >= 0.6 is 0 Å². The lowest BCUT2D eigenvalue weighted by Crippen LogP contribution is -2.46. The molecule has 3 amide bonds. The van der Waals surface area contributed by atoms with E-state index in [0.29, 0.717) is 28.3 Å². The van der Waals surface area contributed by atoms with Crippen LogP contribution in [0.25, 0.3) is 0 Å². The molecule has 31 heavy (non-hydrogen) atoms. The zero-order valence-electron chi connectivity index (χ0n) is 16.9. The van der Waals surface area contributed by atoms with Gasteiger partial charge in [-0.25, -0.2) is 0 Å². The van der Waals surface area contributed by atoms with Crippen molar-refractivity contribution in [2.24, 2.45) is 0 Å². The highest BCUT2D eigenvalue weighted by molar-refractivity contribution is 6.21. The van der Waals surface area contributed by atoms with Crippen LogP contribution in [0.3, 0.4) is 0 Å². The summed E-state index contributed by atoms with van der Waals surface area (Å²) >= 11 is 0. The molecule has 0 fully saturated rings. The molecular formula is C24H20N2O5. The van der Waals surface area contributed by atoms with Crippen molar-refractivity contribution in [1.82, 2.24) is 4.90 Å². The van der Waals surface area contributed by atoms with Crippen LogP contribution < -0.4 is 14.4 Å². The molecule has 3 aromatic rings. The number of hydrogen-bond acceptors (Lipinski definition) is 5. The van der Waals surface area contributed by atoms with E-state index >= 15 is 0 Å². The summed E-state index contributed by atoms with van der Waals surface area (Å²) in [5.74, 6) is -0.0963. The molecule has 0 saturated carbocycles. The number of fused-ring (bicyclic) bond motifs is 1. The van der Waals surface area contributed by atoms with Crippen molar-refractivity contribution in [3.05, 3.63) is 90.0 Å². The topological polar surface area (TPSA) is 76.2 Å². The van der Waals surface area contributed by atoms with Crippen LogP contribution in [0.15, 0.2) is 78.9 Å². The number of ether oxygens (including phenoxy) is 2. The highest BCUT2D eigenvalue weighted by atomic mass is 16.5. The predicted octanol–water partition coefficient (Wildman–Crippen LogP) is 3.36. The van der Waals surface area contributed by atoms with Crippen molar-refractivity contribution < 1.29 is 23.9 Å². The molecule has 0 atom stereocenters. The van der Waals surface area contributed by atoms with Gasteiger partial charge in [-0.15, -0.1) is 0 Å². The minimum Gasteiger partial charge on any atom is -0.497 e. The monoisotopic (exact) mass is 416 g/mol. The molecule has 0 aromatic heterocycles. The largest absolute Gasteiger partial charge is 0.497 e. The van der Waals surface area contributed by atoms with Crippen molar-refractivity contribution in [3.8, 4) is 11.5 Å². The number of carbonyl (C=O) groups excluding carboxylic acids is 3. The van der Waals surface area contributed by atoms with Crippen LogP contribution in [-0.2, 0) is 4.79 Å². The van der Waals surface area contributed by atoms with Crippen molar-refractivity contribution in [2.75, 3.05) is 25.3 Å². The number of rotatable bonds is 7. The Labute approximate surface area is 179 Å². The Morgan fingerprint density at radius 1 is 0.806 bits per heavy atom. The second kappa shape index (κ2) is 8.71. The number of carbonyl (C=O) groups is 3. The summed E-state index contributed by atoms with van der Waals surface area (Å²) in [6.07, 6.45) is 0. The minimum absolute atomic E-state index is 0.227. The summed E-state index contributed by atoms with van der Waals surface area (Å²) in [4.78, 5) is 41.1. The Balaban J connectivity index is 1.58. The fourth-order valence-electron chi connectivity index (χ4n) is 3.32. The van der Waals surface area contributed by atoms with Crippen LogP contribution in [0.1, 0.15) is 20.7 Å². The molecule has 1 aliphatic heterocycles. The van der Waals surface area contributed by atoms with E-state index in [1.165, 1.54) is 4.90 Å². The first kappa shape index (κ1) is 20.2. The van der Waals surface area contributed by atoms with Gasteiger partial charge in [0.1, 0.15) is 18.2 Å². The average molecular weight is 416 g/mol.